The second-order valence-electron chi connectivity index (χ2n) is 5.70. The molecule has 0 unspecified atom stereocenters. The molecule has 0 spiro atoms. The summed E-state index contributed by atoms with van der Waals surface area (Å²) in [5.41, 5.74) is 1.46. The first-order valence-corrected chi connectivity index (χ1v) is 7.56. The third kappa shape index (κ3) is 2.53. The molecule has 0 bridgehead atoms. The average molecular weight is 346 g/mol. The Morgan fingerprint density at radius 2 is 1.95 bits per heavy atom. The molecule has 2 N–H and O–H groups in total. The largest absolute Gasteiger partial charge is 0.356 e. The van der Waals surface area contributed by atoms with Crippen LogP contribution in [0.2, 0.25) is 0 Å². The predicted octanol–water partition coefficient (Wildman–Crippen LogP) is 3.55. The SMILES string of the molecule is CC(C)(c1ccccc1)[C@@H]1Nc2ncc(Br)cc2NC1=O. The highest BCUT2D eigenvalue weighted by molar-refractivity contribution is 9.10. The Kier molecular flexibility index (Phi) is 3.45. The van der Waals surface area contributed by atoms with Crippen LogP contribution in [0.4, 0.5) is 11.5 Å². The molecule has 1 aromatic carbocycles. The Labute approximate surface area is 132 Å². The van der Waals surface area contributed by atoms with E-state index in [2.05, 4.69) is 45.4 Å². The van der Waals surface area contributed by atoms with Crippen LogP contribution in [0, 0.1) is 0 Å². The highest BCUT2D eigenvalue weighted by Crippen LogP contribution is 2.35. The Hall–Kier alpha value is -1.88. The van der Waals surface area contributed by atoms with E-state index in [9.17, 15) is 4.79 Å². The van der Waals surface area contributed by atoms with Crippen LogP contribution in [-0.2, 0) is 10.2 Å². The number of amides is 1. The number of benzene rings is 1. The van der Waals surface area contributed by atoms with Gasteiger partial charge in [0.25, 0.3) is 0 Å². The highest BCUT2D eigenvalue weighted by Gasteiger charge is 2.39. The number of hydrogen-bond donors (Lipinski definition) is 2. The van der Waals surface area contributed by atoms with Crippen molar-refractivity contribution in [1.29, 1.82) is 0 Å². The lowest BCUT2D eigenvalue weighted by Crippen LogP contribution is -2.51. The van der Waals surface area contributed by atoms with Crippen LogP contribution < -0.4 is 10.6 Å². The summed E-state index contributed by atoms with van der Waals surface area (Å²) < 4.78 is 0.837. The summed E-state index contributed by atoms with van der Waals surface area (Å²) in [6.07, 6.45) is 1.72. The zero-order valence-corrected chi connectivity index (χ0v) is 13.4. The van der Waals surface area contributed by atoms with Gasteiger partial charge < -0.3 is 10.6 Å². The minimum atomic E-state index is -0.374. The van der Waals surface area contributed by atoms with Gasteiger partial charge in [-0.15, -0.1) is 0 Å². The minimum absolute atomic E-state index is 0.0451. The van der Waals surface area contributed by atoms with Crippen LogP contribution in [0.3, 0.4) is 0 Å². The zero-order valence-electron chi connectivity index (χ0n) is 11.9. The van der Waals surface area contributed by atoms with Crippen molar-refractivity contribution in [3.8, 4) is 0 Å². The molecule has 0 saturated carbocycles. The number of rotatable bonds is 2. The summed E-state index contributed by atoms with van der Waals surface area (Å²) in [5, 5.41) is 6.20. The number of nitrogens with one attached hydrogen (secondary N) is 2. The number of nitrogens with zero attached hydrogens (tertiary/aromatic N) is 1. The second kappa shape index (κ2) is 5.15. The number of pyridine rings is 1. The molecule has 2 heterocycles. The van der Waals surface area contributed by atoms with E-state index in [1.165, 1.54) is 0 Å². The topological polar surface area (TPSA) is 54.0 Å². The molecule has 0 radical (unpaired) electrons. The molecule has 5 heteroatoms. The van der Waals surface area contributed by atoms with E-state index in [1.54, 1.807) is 6.20 Å². The summed E-state index contributed by atoms with van der Waals surface area (Å²) in [4.78, 5) is 16.8. The Morgan fingerprint density at radius 3 is 2.67 bits per heavy atom. The van der Waals surface area contributed by atoms with Crippen molar-refractivity contribution in [3.63, 3.8) is 0 Å². The zero-order chi connectivity index (χ0) is 15.0. The van der Waals surface area contributed by atoms with E-state index in [1.807, 2.05) is 36.4 Å². The first kappa shape index (κ1) is 14.1. The molecule has 2 aromatic rings. The van der Waals surface area contributed by atoms with Crippen LogP contribution >= 0.6 is 15.9 Å². The normalized spacial score (nSPS) is 17.7. The number of aromatic nitrogens is 1. The number of fused-ring (bicyclic) bond motifs is 1. The number of carbonyl (C=O) groups is 1. The summed E-state index contributed by atoms with van der Waals surface area (Å²) in [7, 11) is 0. The molecule has 1 atom stereocenters. The Bertz CT molecular complexity index is 685. The van der Waals surface area contributed by atoms with Gasteiger partial charge in [-0.3, -0.25) is 4.79 Å². The van der Waals surface area contributed by atoms with Crippen molar-refractivity contribution in [1.82, 2.24) is 4.98 Å². The van der Waals surface area contributed by atoms with Crippen molar-refractivity contribution in [2.45, 2.75) is 25.3 Å². The van der Waals surface area contributed by atoms with Crippen LogP contribution in [0.25, 0.3) is 0 Å². The maximum Gasteiger partial charge on any atom is 0.247 e. The molecule has 0 saturated heterocycles. The van der Waals surface area contributed by atoms with E-state index in [-0.39, 0.29) is 17.4 Å². The highest BCUT2D eigenvalue weighted by atomic mass is 79.9. The maximum absolute atomic E-state index is 12.5. The Balaban J connectivity index is 1.97. The fourth-order valence-electron chi connectivity index (χ4n) is 2.60. The molecular formula is C16H16BrN3O. The summed E-state index contributed by atoms with van der Waals surface area (Å²) in [6, 6.07) is 11.5. The van der Waals surface area contributed by atoms with Gasteiger partial charge in [-0.2, -0.15) is 0 Å². The Morgan fingerprint density at radius 1 is 1.24 bits per heavy atom. The van der Waals surface area contributed by atoms with Gasteiger partial charge in [0, 0.05) is 16.1 Å². The molecule has 21 heavy (non-hydrogen) atoms. The molecule has 1 aromatic heterocycles. The third-order valence-corrected chi connectivity index (χ3v) is 4.33. The van der Waals surface area contributed by atoms with Crippen LogP contribution in [0.15, 0.2) is 47.1 Å². The van der Waals surface area contributed by atoms with Crippen molar-refractivity contribution in [3.05, 3.63) is 52.6 Å². The van der Waals surface area contributed by atoms with Gasteiger partial charge in [0.05, 0.1) is 5.69 Å². The third-order valence-electron chi connectivity index (χ3n) is 3.89. The van der Waals surface area contributed by atoms with E-state index in [0.29, 0.717) is 11.5 Å². The van der Waals surface area contributed by atoms with Crippen LogP contribution in [-0.4, -0.2) is 16.9 Å². The monoisotopic (exact) mass is 345 g/mol. The lowest BCUT2D eigenvalue weighted by molar-refractivity contribution is -0.118. The van der Waals surface area contributed by atoms with Crippen molar-refractivity contribution < 1.29 is 4.79 Å². The molecule has 0 fully saturated rings. The minimum Gasteiger partial charge on any atom is -0.356 e. The molecule has 108 valence electrons. The molecule has 0 aliphatic carbocycles. The number of halogens is 1. The fraction of sp³-hybridized carbons (Fsp3) is 0.250. The van der Waals surface area contributed by atoms with E-state index in [0.717, 1.165) is 10.0 Å². The van der Waals surface area contributed by atoms with E-state index in [4.69, 9.17) is 0 Å². The average Bonchev–Trinajstić information content (AvgIpc) is 2.47. The molecule has 1 aliphatic rings. The number of anilines is 2. The predicted molar refractivity (Wildman–Crippen MR) is 87.4 cm³/mol. The van der Waals surface area contributed by atoms with Gasteiger partial charge >= 0.3 is 0 Å². The second-order valence-corrected chi connectivity index (χ2v) is 6.62. The first-order valence-electron chi connectivity index (χ1n) is 6.77. The van der Waals surface area contributed by atoms with Gasteiger partial charge in [-0.05, 0) is 27.6 Å². The van der Waals surface area contributed by atoms with Crippen LogP contribution in [0.1, 0.15) is 19.4 Å². The smallest absolute Gasteiger partial charge is 0.247 e. The van der Waals surface area contributed by atoms with Crippen LogP contribution in [0.5, 0.6) is 0 Å². The van der Waals surface area contributed by atoms with Crippen molar-refractivity contribution >= 4 is 33.3 Å². The van der Waals surface area contributed by atoms with Crippen molar-refractivity contribution in [2.24, 2.45) is 0 Å². The lowest BCUT2D eigenvalue weighted by atomic mass is 9.76. The summed E-state index contributed by atoms with van der Waals surface area (Å²) in [6.45, 7) is 4.12. The van der Waals surface area contributed by atoms with Crippen molar-refractivity contribution in [2.75, 3.05) is 10.6 Å². The van der Waals surface area contributed by atoms with Gasteiger partial charge in [0.15, 0.2) is 5.82 Å². The molecule has 3 rings (SSSR count). The molecule has 4 nitrogen and oxygen atoms in total. The first-order chi connectivity index (χ1) is 9.98. The molecule has 1 aliphatic heterocycles. The van der Waals surface area contributed by atoms with Gasteiger partial charge in [0.2, 0.25) is 5.91 Å². The molecular weight excluding hydrogens is 330 g/mol. The summed E-state index contributed by atoms with van der Waals surface area (Å²) >= 11 is 3.36. The summed E-state index contributed by atoms with van der Waals surface area (Å²) in [5.74, 6) is 0.656. The lowest BCUT2D eigenvalue weighted by Gasteiger charge is -2.37. The number of carbonyl (C=O) groups excluding carboxylic acids is 1. The van der Waals surface area contributed by atoms with Gasteiger partial charge in [0.1, 0.15) is 6.04 Å². The quantitative estimate of drug-likeness (QED) is 0.874. The standard InChI is InChI=1S/C16H16BrN3O/c1-16(2,10-6-4-3-5-7-10)13-15(21)19-12-8-11(17)9-18-14(12)20-13/h3-9,13H,1-2H3,(H,18,20)(H,19,21)/t13-/m1/s1. The fourth-order valence-corrected chi connectivity index (χ4v) is 2.93. The molecule has 1 amide bonds. The van der Waals surface area contributed by atoms with Gasteiger partial charge in [-0.25, -0.2) is 4.98 Å². The van der Waals surface area contributed by atoms with Gasteiger partial charge in [-0.1, -0.05) is 44.2 Å². The van der Waals surface area contributed by atoms with E-state index >= 15 is 0 Å². The number of hydrogen-bond acceptors (Lipinski definition) is 3. The van der Waals surface area contributed by atoms with E-state index < -0.39 is 0 Å². The maximum atomic E-state index is 12.5.